The molecule has 13 heavy (non-hydrogen) atoms. The van der Waals surface area contributed by atoms with Gasteiger partial charge in [-0.2, -0.15) is 0 Å². The minimum absolute atomic E-state index is 0.900. The average Bonchev–Trinajstić information content (AvgIpc) is 2.33. The lowest BCUT2D eigenvalue weighted by atomic mass is 9.74. The van der Waals surface area contributed by atoms with Crippen molar-refractivity contribution in [2.75, 3.05) is 0 Å². The molecule has 1 heterocycles. The van der Waals surface area contributed by atoms with Crippen molar-refractivity contribution in [2.45, 2.75) is 39.0 Å². The Balaban J connectivity index is 2.21. The van der Waals surface area contributed by atoms with Gasteiger partial charge in [-0.25, -0.2) is 0 Å². The zero-order valence-corrected chi connectivity index (χ0v) is 8.30. The minimum Gasteiger partial charge on any atom is -0.261 e. The number of hydrogen-bond acceptors (Lipinski definition) is 1. The fourth-order valence-electron chi connectivity index (χ4n) is 3.00. The molecule has 1 heteroatoms. The molecule has 1 nitrogen and oxygen atoms in total. The summed E-state index contributed by atoms with van der Waals surface area (Å²) in [6.45, 7) is 4.37. The zero-order valence-electron chi connectivity index (χ0n) is 8.30. The molecular weight excluding hydrogens is 158 g/mol. The standard InChI is InChI=1S/C12H15N/c1-7-6-13-8(2)11-5-9-3-4-10(9)12(7)11/h6,9-10H,3-5H2,1-2H3. The molecule has 0 amide bonds. The summed E-state index contributed by atoms with van der Waals surface area (Å²) >= 11 is 0. The molecule has 3 rings (SSSR count). The molecule has 1 aromatic rings. The zero-order chi connectivity index (χ0) is 9.00. The lowest BCUT2D eigenvalue weighted by Crippen LogP contribution is -2.19. The number of nitrogens with zero attached hydrogens (tertiary/aromatic N) is 1. The normalized spacial score (nSPS) is 29.4. The molecule has 2 unspecified atom stereocenters. The number of pyridine rings is 1. The van der Waals surface area contributed by atoms with E-state index < -0.39 is 0 Å². The van der Waals surface area contributed by atoms with Gasteiger partial charge in [0.1, 0.15) is 0 Å². The maximum Gasteiger partial charge on any atom is 0.0407 e. The first-order valence-electron chi connectivity index (χ1n) is 5.22. The van der Waals surface area contributed by atoms with Crippen molar-refractivity contribution < 1.29 is 0 Å². The van der Waals surface area contributed by atoms with Gasteiger partial charge in [-0.1, -0.05) is 0 Å². The van der Waals surface area contributed by atoms with Gasteiger partial charge in [0.2, 0.25) is 0 Å². The molecule has 0 aliphatic heterocycles. The summed E-state index contributed by atoms with van der Waals surface area (Å²) in [5.41, 5.74) is 5.93. The van der Waals surface area contributed by atoms with Gasteiger partial charge >= 0.3 is 0 Å². The van der Waals surface area contributed by atoms with Gasteiger partial charge in [0.25, 0.3) is 0 Å². The molecule has 1 aromatic heterocycles. The maximum absolute atomic E-state index is 4.45. The largest absolute Gasteiger partial charge is 0.261 e. The van der Waals surface area contributed by atoms with Crippen LogP contribution >= 0.6 is 0 Å². The van der Waals surface area contributed by atoms with Crippen LogP contribution in [0.4, 0.5) is 0 Å². The topological polar surface area (TPSA) is 12.9 Å². The van der Waals surface area contributed by atoms with E-state index in [0.29, 0.717) is 0 Å². The summed E-state index contributed by atoms with van der Waals surface area (Å²) in [6.07, 6.45) is 6.22. The average molecular weight is 173 g/mol. The van der Waals surface area contributed by atoms with Gasteiger partial charge in [0.15, 0.2) is 0 Å². The van der Waals surface area contributed by atoms with Crippen molar-refractivity contribution in [1.29, 1.82) is 0 Å². The third-order valence-corrected chi connectivity index (χ3v) is 3.89. The Labute approximate surface area is 79.2 Å². The van der Waals surface area contributed by atoms with E-state index in [1.54, 1.807) is 11.1 Å². The summed E-state index contributed by atoms with van der Waals surface area (Å²) in [6, 6.07) is 0. The van der Waals surface area contributed by atoms with Crippen molar-refractivity contribution in [3.8, 4) is 0 Å². The van der Waals surface area contributed by atoms with Crippen molar-refractivity contribution in [1.82, 2.24) is 4.98 Å². The lowest BCUT2D eigenvalue weighted by Gasteiger charge is -2.31. The molecule has 1 fully saturated rings. The van der Waals surface area contributed by atoms with E-state index >= 15 is 0 Å². The van der Waals surface area contributed by atoms with E-state index in [1.807, 2.05) is 0 Å². The van der Waals surface area contributed by atoms with Crippen molar-refractivity contribution in [3.63, 3.8) is 0 Å². The third kappa shape index (κ3) is 0.849. The highest BCUT2D eigenvalue weighted by Gasteiger charge is 2.40. The van der Waals surface area contributed by atoms with Crippen LogP contribution < -0.4 is 0 Å². The molecule has 2 atom stereocenters. The summed E-state index contributed by atoms with van der Waals surface area (Å²) in [5.74, 6) is 1.87. The number of aromatic nitrogens is 1. The SMILES string of the molecule is Cc1cnc(C)c2c1C1CCC1C2. The molecule has 0 radical (unpaired) electrons. The molecule has 68 valence electrons. The highest BCUT2D eigenvalue weighted by atomic mass is 14.7. The molecule has 0 spiro atoms. The monoisotopic (exact) mass is 173 g/mol. The van der Waals surface area contributed by atoms with E-state index in [9.17, 15) is 0 Å². The Kier molecular flexibility index (Phi) is 1.36. The summed E-state index contributed by atoms with van der Waals surface area (Å²) in [4.78, 5) is 4.45. The van der Waals surface area contributed by atoms with E-state index in [0.717, 1.165) is 11.8 Å². The highest BCUT2D eigenvalue weighted by molar-refractivity contribution is 5.44. The van der Waals surface area contributed by atoms with Crippen LogP contribution in [-0.4, -0.2) is 4.98 Å². The van der Waals surface area contributed by atoms with E-state index in [2.05, 4.69) is 25.0 Å². The second-order valence-electron chi connectivity index (χ2n) is 4.57. The van der Waals surface area contributed by atoms with Gasteiger partial charge in [-0.3, -0.25) is 4.98 Å². The molecule has 0 N–H and O–H groups in total. The van der Waals surface area contributed by atoms with Crippen molar-refractivity contribution >= 4 is 0 Å². The predicted molar refractivity (Wildman–Crippen MR) is 52.9 cm³/mol. The fraction of sp³-hybridized carbons (Fsp3) is 0.583. The first-order chi connectivity index (χ1) is 6.27. The summed E-state index contributed by atoms with van der Waals surface area (Å²) in [5, 5.41) is 0. The molecule has 0 saturated heterocycles. The fourth-order valence-corrected chi connectivity index (χ4v) is 3.00. The van der Waals surface area contributed by atoms with Gasteiger partial charge < -0.3 is 0 Å². The third-order valence-electron chi connectivity index (χ3n) is 3.89. The van der Waals surface area contributed by atoms with Crippen LogP contribution in [0.1, 0.15) is 41.1 Å². The molecule has 0 aromatic carbocycles. The molecule has 2 aliphatic carbocycles. The Morgan fingerprint density at radius 3 is 2.85 bits per heavy atom. The quantitative estimate of drug-likeness (QED) is 0.588. The summed E-state index contributed by atoms with van der Waals surface area (Å²) < 4.78 is 0. The minimum atomic E-state index is 0.900. The maximum atomic E-state index is 4.45. The van der Waals surface area contributed by atoms with Gasteiger partial charge in [0, 0.05) is 11.9 Å². The highest BCUT2D eigenvalue weighted by Crippen LogP contribution is 2.52. The smallest absolute Gasteiger partial charge is 0.0407 e. The Bertz CT molecular complexity index is 368. The van der Waals surface area contributed by atoms with Crippen LogP contribution in [-0.2, 0) is 6.42 Å². The van der Waals surface area contributed by atoms with E-state index in [4.69, 9.17) is 0 Å². The number of aryl methyl sites for hydroxylation is 2. The second kappa shape index (κ2) is 2.34. The Morgan fingerprint density at radius 2 is 2.15 bits per heavy atom. The van der Waals surface area contributed by atoms with E-state index in [-0.39, 0.29) is 0 Å². The van der Waals surface area contributed by atoms with E-state index in [1.165, 1.54) is 30.5 Å². The molecule has 2 aliphatic rings. The lowest BCUT2D eigenvalue weighted by molar-refractivity contribution is 0.280. The first-order valence-corrected chi connectivity index (χ1v) is 5.22. The van der Waals surface area contributed by atoms with Crippen molar-refractivity contribution in [3.05, 3.63) is 28.6 Å². The van der Waals surface area contributed by atoms with Crippen LogP contribution in [0.3, 0.4) is 0 Å². The van der Waals surface area contributed by atoms with Crippen LogP contribution in [0, 0.1) is 19.8 Å². The number of fused-ring (bicyclic) bond motifs is 3. The summed E-state index contributed by atoms with van der Waals surface area (Å²) in [7, 11) is 0. The van der Waals surface area contributed by atoms with Gasteiger partial charge in [0.05, 0.1) is 0 Å². The van der Waals surface area contributed by atoms with Gasteiger partial charge in [-0.05, 0) is 61.6 Å². The second-order valence-corrected chi connectivity index (χ2v) is 4.57. The number of rotatable bonds is 0. The predicted octanol–water partition coefficient (Wildman–Crippen LogP) is 2.75. The van der Waals surface area contributed by atoms with Crippen LogP contribution in [0.25, 0.3) is 0 Å². The van der Waals surface area contributed by atoms with Gasteiger partial charge in [-0.15, -0.1) is 0 Å². The number of hydrogen-bond donors (Lipinski definition) is 0. The Morgan fingerprint density at radius 1 is 1.31 bits per heavy atom. The van der Waals surface area contributed by atoms with Crippen molar-refractivity contribution in [2.24, 2.45) is 5.92 Å². The first kappa shape index (κ1) is 7.54. The van der Waals surface area contributed by atoms with Crippen LogP contribution in [0.15, 0.2) is 6.20 Å². The van der Waals surface area contributed by atoms with Crippen LogP contribution in [0.2, 0.25) is 0 Å². The molecular formula is C12H15N. The molecule has 0 bridgehead atoms. The molecule has 1 saturated carbocycles. The Hall–Kier alpha value is -0.850. The van der Waals surface area contributed by atoms with Crippen LogP contribution in [0.5, 0.6) is 0 Å².